The molecule has 4 rings (SSSR count). The number of pyridine rings is 1. The molecule has 2 heterocycles. The van der Waals surface area contributed by atoms with Crippen molar-refractivity contribution in [1.82, 2.24) is 20.5 Å². The van der Waals surface area contributed by atoms with Gasteiger partial charge in [-0.05, 0) is 23.8 Å². The number of benzene rings is 2. The first-order valence-corrected chi connectivity index (χ1v) is 8.48. The van der Waals surface area contributed by atoms with Crippen molar-refractivity contribution in [2.24, 2.45) is 0 Å². The number of H-pyrrole nitrogens is 1. The Morgan fingerprint density at radius 1 is 0.962 bits per heavy atom. The van der Waals surface area contributed by atoms with Crippen LogP contribution in [0.15, 0.2) is 79.0 Å². The summed E-state index contributed by atoms with van der Waals surface area (Å²) in [5.74, 6) is -0.0843. The van der Waals surface area contributed by atoms with Gasteiger partial charge in [0.15, 0.2) is 0 Å². The molecule has 0 radical (unpaired) electrons. The zero-order chi connectivity index (χ0) is 17.8. The van der Waals surface area contributed by atoms with Gasteiger partial charge in [-0.3, -0.25) is 14.9 Å². The van der Waals surface area contributed by atoms with E-state index in [1.165, 1.54) is 0 Å². The number of carbonyl (C=O) groups is 1. The van der Waals surface area contributed by atoms with Gasteiger partial charge in [0.25, 0.3) is 0 Å². The molecule has 4 aromatic rings. The third-order valence-electron chi connectivity index (χ3n) is 4.30. The second kappa shape index (κ2) is 7.19. The summed E-state index contributed by atoms with van der Waals surface area (Å²) < 4.78 is 0. The van der Waals surface area contributed by atoms with Crippen molar-refractivity contribution in [2.75, 3.05) is 0 Å². The highest BCUT2D eigenvalue weighted by atomic mass is 16.1. The van der Waals surface area contributed by atoms with E-state index in [1.54, 1.807) is 6.20 Å². The summed E-state index contributed by atoms with van der Waals surface area (Å²) in [7, 11) is 0. The number of hydrogen-bond acceptors (Lipinski definition) is 3. The number of hydrogen-bond donors (Lipinski definition) is 2. The number of nitrogens with zero attached hydrogens (tertiary/aromatic N) is 2. The van der Waals surface area contributed by atoms with Crippen LogP contribution in [0.1, 0.15) is 23.0 Å². The summed E-state index contributed by atoms with van der Waals surface area (Å²) in [6.07, 6.45) is 1.97. The van der Waals surface area contributed by atoms with Crippen molar-refractivity contribution in [2.45, 2.75) is 12.5 Å². The second-order valence-corrected chi connectivity index (χ2v) is 6.06. The van der Waals surface area contributed by atoms with E-state index in [0.717, 1.165) is 27.9 Å². The molecule has 0 saturated carbocycles. The maximum Gasteiger partial charge on any atom is 0.226 e. The number of para-hydroxylation sites is 1. The highest BCUT2D eigenvalue weighted by molar-refractivity contribution is 5.87. The lowest BCUT2D eigenvalue weighted by atomic mass is 10.0. The molecule has 0 bridgehead atoms. The first-order chi connectivity index (χ1) is 12.8. The van der Waals surface area contributed by atoms with E-state index >= 15 is 0 Å². The van der Waals surface area contributed by atoms with E-state index in [9.17, 15) is 4.79 Å². The van der Waals surface area contributed by atoms with E-state index in [2.05, 4.69) is 20.5 Å². The van der Waals surface area contributed by atoms with Crippen molar-refractivity contribution in [3.63, 3.8) is 0 Å². The Balaban J connectivity index is 1.58. The Morgan fingerprint density at radius 2 is 1.73 bits per heavy atom. The van der Waals surface area contributed by atoms with Crippen LogP contribution >= 0.6 is 0 Å². The molecule has 0 aliphatic carbocycles. The van der Waals surface area contributed by atoms with E-state index < -0.39 is 0 Å². The molecule has 0 saturated heterocycles. The zero-order valence-corrected chi connectivity index (χ0v) is 14.1. The Morgan fingerprint density at radius 3 is 2.54 bits per heavy atom. The van der Waals surface area contributed by atoms with Crippen LogP contribution < -0.4 is 5.32 Å². The molecule has 26 heavy (non-hydrogen) atoms. The molecule has 0 aliphatic rings. The smallest absolute Gasteiger partial charge is 0.226 e. The Labute approximate surface area is 151 Å². The first-order valence-electron chi connectivity index (χ1n) is 8.48. The number of carbonyl (C=O) groups excluding carboxylic acids is 1. The maximum atomic E-state index is 12.7. The molecule has 0 spiro atoms. The van der Waals surface area contributed by atoms with Crippen molar-refractivity contribution in [3.05, 3.63) is 95.9 Å². The van der Waals surface area contributed by atoms with Gasteiger partial charge < -0.3 is 5.32 Å². The number of rotatable bonds is 5. The molecule has 128 valence electrons. The van der Waals surface area contributed by atoms with E-state index in [1.807, 2.05) is 72.8 Å². The average Bonchev–Trinajstić information content (AvgIpc) is 3.10. The molecule has 5 heteroatoms. The van der Waals surface area contributed by atoms with E-state index in [0.29, 0.717) is 0 Å². The quantitative estimate of drug-likeness (QED) is 0.584. The minimum Gasteiger partial charge on any atom is -0.343 e. The fourth-order valence-corrected chi connectivity index (χ4v) is 3.04. The van der Waals surface area contributed by atoms with E-state index in [4.69, 9.17) is 0 Å². The predicted octanol–water partition coefficient (Wildman–Crippen LogP) is 3.41. The topological polar surface area (TPSA) is 70.7 Å². The van der Waals surface area contributed by atoms with Crippen LogP contribution in [0.4, 0.5) is 0 Å². The Bertz CT molecular complexity index is 972. The van der Waals surface area contributed by atoms with Crippen LogP contribution in [-0.4, -0.2) is 21.1 Å². The molecule has 0 aliphatic heterocycles. The number of aromatic amines is 1. The Hall–Kier alpha value is -3.47. The number of nitrogens with one attached hydrogen (secondary N) is 2. The first kappa shape index (κ1) is 16.0. The van der Waals surface area contributed by atoms with Crippen LogP contribution in [0.2, 0.25) is 0 Å². The third kappa shape index (κ3) is 3.32. The highest BCUT2D eigenvalue weighted by Crippen LogP contribution is 2.21. The van der Waals surface area contributed by atoms with Gasteiger partial charge >= 0.3 is 0 Å². The molecular formula is C21H18N4O. The Kier molecular flexibility index (Phi) is 4.43. The molecule has 1 atom stereocenters. The largest absolute Gasteiger partial charge is 0.343 e. The molecule has 0 fully saturated rings. The normalized spacial score (nSPS) is 12.0. The van der Waals surface area contributed by atoms with Gasteiger partial charge in [-0.2, -0.15) is 5.10 Å². The lowest BCUT2D eigenvalue weighted by Gasteiger charge is -2.18. The standard InChI is InChI=1S/C21H18N4O/c26-20(14-19-16-10-4-5-11-17(16)24-25-19)23-21(15-8-2-1-3-9-15)18-12-6-7-13-22-18/h1-13,21H,14H2,(H,23,26)(H,24,25)/t21-/m1/s1. The number of amides is 1. The van der Waals surface area contributed by atoms with Crippen LogP contribution in [0.25, 0.3) is 10.9 Å². The van der Waals surface area contributed by atoms with Crippen molar-refractivity contribution >= 4 is 16.8 Å². The second-order valence-electron chi connectivity index (χ2n) is 6.06. The summed E-state index contributed by atoms with van der Waals surface area (Å²) >= 11 is 0. The van der Waals surface area contributed by atoms with Crippen molar-refractivity contribution in [3.8, 4) is 0 Å². The van der Waals surface area contributed by atoms with Gasteiger partial charge in [-0.1, -0.05) is 54.6 Å². The summed E-state index contributed by atoms with van der Waals surface area (Å²) in [4.78, 5) is 17.1. The minimum atomic E-state index is -0.293. The molecular weight excluding hydrogens is 324 g/mol. The monoisotopic (exact) mass is 342 g/mol. The molecule has 0 unspecified atom stereocenters. The van der Waals surface area contributed by atoms with Crippen LogP contribution in [0.3, 0.4) is 0 Å². The van der Waals surface area contributed by atoms with Crippen LogP contribution in [0.5, 0.6) is 0 Å². The molecule has 2 aromatic carbocycles. The van der Waals surface area contributed by atoms with Crippen LogP contribution in [0, 0.1) is 0 Å². The van der Waals surface area contributed by atoms with Gasteiger partial charge in [0.05, 0.1) is 29.4 Å². The third-order valence-corrected chi connectivity index (χ3v) is 4.30. The lowest BCUT2D eigenvalue weighted by molar-refractivity contribution is -0.121. The fourth-order valence-electron chi connectivity index (χ4n) is 3.04. The van der Waals surface area contributed by atoms with Crippen molar-refractivity contribution < 1.29 is 4.79 Å². The SMILES string of the molecule is O=C(Cc1[nH]nc2ccccc12)N[C@H](c1ccccc1)c1ccccn1. The fraction of sp³-hybridized carbons (Fsp3) is 0.0952. The highest BCUT2D eigenvalue weighted by Gasteiger charge is 2.19. The predicted molar refractivity (Wildman–Crippen MR) is 100 cm³/mol. The lowest BCUT2D eigenvalue weighted by Crippen LogP contribution is -2.31. The summed E-state index contributed by atoms with van der Waals surface area (Å²) in [6.45, 7) is 0. The minimum absolute atomic E-state index is 0.0843. The van der Waals surface area contributed by atoms with Gasteiger partial charge in [0.1, 0.15) is 0 Å². The number of aromatic nitrogens is 3. The summed E-state index contributed by atoms with van der Waals surface area (Å²) in [5.41, 5.74) is 3.47. The molecule has 5 nitrogen and oxygen atoms in total. The van der Waals surface area contributed by atoms with Gasteiger partial charge in [-0.15, -0.1) is 0 Å². The van der Waals surface area contributed by atoms with Crippen LogP contribution in [-0.2, 0) is 11.2 Å². The molecule has 1 amide bonds. The summed E-state index contributed by atoms with van der Waals surface area (Å²) in [6, 6.07) is 23.0. The average molecular weight is 342 g/mol. The molecule has 2 aromatic heterocycles. The van der Waals surface area contributed by atoms with Gasteiger partial charge in [0.2, 0.25) is 5.91 Å². The summed E-state index contributed by atoms with van der Waals surface area (Å²) in [5, 5.41) is 11.3. The van der Waals surface area contributed by atoms with E-state index in [-0.39, 0.29) is 18.4 Å². The van der Waals surface area contributed by atoms with Crippen molar-refractivity contribution in [1.29, 1.82) is 0 Å². The number of fused-ring (bicyclic) bond motifs is 1. The molecule has 2 N–H and O–H groups in total. The van der Waals surface area contributed by atoms with Gasteiger partial charge in [-0.25, -0.2) is 0 Å². The zero-order valence-electron chi connectivity index (χ0n) is 14.1. The maximum absolute atomic E-state index is 12.7. The van der Waals surface area contributed by atoms with Gasteiger partial charge in [0, 0.05) is 11.6 Å².